The highest BCUT2D eigenvalue weighted by Gasteiger charge is 2.44. The number of hydrogen-bond acceptors (Lipinski definition) is 9. The minimum Gasteiger partial charge on any atom is -0.387 e. The van der Waals surface area contributed by atoms with Crippen molar-refractivity contribution >= 4 is 22.9 Å². The van der Waals surface area contributed by atoms with Gasteiger partial charge in [0, 0.05) is 6.54 Å². The number of carbonyl (C=O) groups excluding carboxylic acids is 1. The topological polar surface area (TPSA) is 174 Å². The summed E-state index contributed by atoms with van der Waals surface area (Å²) in [6.45, 7) is 3.68. The van der Waals surface area contributed by atoms with E-state index in [0.29, 0.717) is 11.2 Å². The lowest BCUT2D eigenvalue weighted by Crippen LogP contribution is -2.48. The summed E-state index contributed by atoms with van der Waals surface area (Å²) in [6, 6.07) is -0.661. The Morgan fingerprint density at radius 2 is 2.08 bits per heavy atom. The summed E-state index contributed by atoms with van der Waals surface area (Å²) in [6.07, 6.45) is -1.48. The van der Waals surface area contributed by atoms with E-state index in [1.54, 1.807) is 0 Å². The smallest absolute Gasteiger partial charge is 0.237 e. The Labute approximate surface area is 149 Å². The Balaban J connectivity index is 1.73. The van der Waals surface area contributed by atoms with Crippen LogP contribution in [0, 0.1) is 5.92 Å². The number of nitrogens with one attached hydrogen (secondary N) is 1. The van der Waals surface area contributed by atoms with E-state index in [1.165, 1.54) is 17.2 Å². The van der Waals surface area contributed by atoms with E-state index in [4.69, 9.17) is 16.2 Å². The van der Waals surface area contributed by atoms with Crippen molar-refractivity contribution in [3.05, 3.63) is 12.7 Å². The van der Waals surface area contributed by atoms with Crippen molar-refractivity contribution in [3.63, 3.8) is 0 Å². The third-order valence-corrected chi connectivity index (χ3v) is 4.50. The van der Waals surface area contributed by atoms with Crippen LogP contribution in [0.15, 0.2) is 12.7 Å². The van der Waals surface area contributed by atoms with Gasteiger partial charge in [0.2, 0.25) is 5.91 Å². The number of anilines is 1. The van der Waals surface area contributed by atoms with Crippen LogP contribution in [0.4, 0.5) is 5.82 Å². The first-order valence-electron chi connectivity index (χ1n) is 8.29. The number of hydrogen-bond donors (Lipinski definition) is 5. The highest BCUT2D eigenvalue weighted by atomic mass is 16.6. The van der Waals surface area contributed by atoms with Crippen LogP contribution in [-0.4, -0.2) is 66.5 Å². The second kappa shape index (κ2) is 7.11. The molecule has 26 heavy (non-hydrogen) atoms. The molecule has 1 fully saturated rings. The van der Waals surface area contributed by atoms with E-state index in [9.17, 15) is 15.0 Å². The van der Waals surface area contributed by atoms with Crippen molar-refractivity contribution in [2.75, 3.05) is 12.3 Å². The van der Waals surface area contributed by atoms with Gasteiger partial charge in [-0.05, 0) is 5.92 Å². The quantitative estimate of drug-likeness (QED) is 0.406. The van der Waals surface area contributed by atoms with Crippen molar-refractivity contribution in [1.29, 1.82) is 0 Å². The zero-order valence-electron chi connectivity index (χ0n) is 14.5. The molecule has 3 rings (SSSR count). The number of nitrogens with two attached hydrogens (primary N) is 2. The maximum Gasteiger partial charge on any atom is 0.237 e. The van der Waals surface area contributed by atoms with Crippen LogP contribution in [0.2, 0.25) is 0 Å². The average Bonchev–Trinajstić information content (AvgIpc) is 3.15. The van der Waals surface area contributed by atoms with E-state index < -0.39 is 30.6 Å². The number of aliphatic hydroxyl groups is 2. The van der Waals surface area contributed by atoms with Crippen molar-refractivity contribution in [2.24, 2.45) is 11.7 Å². The molecule has 0 aromatic carbocycles. The number of imidazole rings is 1. The summed E-state index contributed by atoms with van der Waals surface area (Å²) < 4.78 is 7.21. The molecule has 142 valence electrons. The van der Waals surface area contributed by atoms with Gasteiger partial charge in [-0.15, -0.1) is 0 Å². The number of nitrogen functional groups attached to an aromatic ring is 1. The number of aromatic nitrogens is 4. The first-order chi connectivity index (χ1) is 12.3. The van der Waals surface area contributed by atoms with Crippen LogP contribution in [0.1, 0.15) is 20.1 Å². The van der Waals surface area contributed by atoms with E-state index in [2.05, 4.69) is 20.3 Å². The molecule has 0 saturated carbocycles. The van der Waals surface area contributed by atoms with E-state index in [-0.39, 0.29) is 24.2 Å². The van der Waals surface area contributed by atoms with Gasteiger partial charge in [0.1, 0.15) is 30.2 Å². The lowest BCUT2D eigenvalue weighted by molar-refractivity contribution is -0.124. The van der Waals surface area contributed by atoms with Crippen LogP contribution in [0.3, 0.4) is 0 Å². The molecule has 2 aromatic rings. The van der Waals surface area contributed by atoms with Gasteiger partial charge in [-0.3, -0.25) is 9.36 Å². The van der Waals surface area contributed by atoms with Crippen LogP contribution >= 0.6 is 0 Å². The molecule has 1 amide bonds. The molecule has 5 atom stereocenters. The molecule has 0 spiro atoms. The Hall–Kier alpha value is -2.34. The maximum atomic E-state index is 12.0. The van der Waals surface area contributed by atoms with Crippen LogP contribution in [0.5, 0.6) is 0 Å². The number of carbonyl (C=O) groups is 1. The van der Waals surface area contributed by atoms with E-state index in [0.717, 1.165) is 0 Å². The Bertz CT molecular complexity index is 795. The minimum absolute atomic E-state index is 0.0116. The molecular formula is C15H23N7O4. The molecule has 0 bridgehead atoms. The molecule has 0 unspecified atom stereocenters. The maximum absolute atomic E-state index is 12.0. The monoisotopic (exact) mass is 365 g/mol. The fourth-order valence-corrected chi connectivity index (χ4v) is 2.81. The average molecular weight is 365 g/mol. The standard InChI is InChI=1S/C15H23N7O4/c1-6(2)8(16)14(25)18-3-7-10(23)11(24)15(26-7)22-5-21-9-12(17)19-4-20-13(9)22/h4-8,10-11,15,23-24H,3,16H2,1-2H3,(H,18,25)(H2,17,19,20)/t7-,8+,10-,11-,15-/m1/s1. The number of fused-ring (bicyclic) bond motifs is 1. The van der Waals surface area contributed by atoms with Gasteiger partial charge in [-0.2, -0.15) is 0 Å². The lowest BCUT2D eigenvalue weighted by Gasteiger charge is -2.19. The number of rotatable bonds is 5. The van der Waals surface area contributed by atoms with Crippen LogP contribution in [-0.2, 0) is 9.53 Å². The number of ether oxygens (including phenoxy) is 1. The fourth-order valence-electron chi connectivity index (χ4n) is 2.81. The minimum atomic E-state index is -1.23. The summed E-state index contributed by atoms with van der Waals surface area (Å²) >= 11 is 0. The predicted molar refractivity (Wildman–Crippen MR) is 91.5 cm³/mol. The second-order valence-electron chi connectivity index (χ2n) is 6.64. The molecule has 2 aromatic heterocycles. The molecule has 1 aliphatic heterocycles. The number of aliphatic hydroxyl groups excluding tert-OH is 2. The SMILES string of the molecule is CC(C)[C@H](N)C(=O)NC[C@H]1O[C@@H](n2cnc3c(N)ncnc32)[C@H](O)[C@@H]1O. The van der Waals surface area contributed by atoms with E-state index >= 15 is 0 Å². The fraction of sp³-hybridized carbons (Fsp3) is 0.600. The first-order valence-corrected chi connectivity index (χ1v) is 8.29. The molecular weight excluding hydrogens is 342 g/mol. The van der Waals surface area contributed by atoms with Gasteiger partial charge in [-0.25, -0.2) is 15.0 Å². The first kappa shape index (κ1) is 18.5. The number of amides is 1. The number of nitrogens with zero attached hydrogens (tertiary/aromatic N) is 4. The van der Waals surface area contributed by atoms with Crippen molar-refractivity contribution < 1.29 is 19.7 Å². The normalized spacial score (nSPS) is 27.2. The van der Waals surface area contributed by atoms with Gasteiger partial charge in [-0.1, -0.05) is 13.8 Å². The Morgan fingerprint density at radius 1 is 1.35 bits per heavy atom. The van der Waals surface area contributed by atoms with Crippen molar-refractivity contribution in [2.45, 2.75) is 44.4 Å². The highest BCUT2D eigenvalue weighted by molar-refractivity contribution is 5.82. The molecule has 1 saturated heterocycles. The summed E-state index contributed by atoms with van der Waals surface area (Å²) in [5, 5.41) is 23.3. The highest BCUT2D eigenvalue weighted by Crippen LogP contribution is 2.31. The molecule has 1 aliphatic rings. The van der Waals surface area contributed by atoms with Crippen molar-refractivity contribution in [3.8, 4) is 0 Å². The van der Waals surface area contributed by atoms with E-state index in [1.807, 2.05) is 13.8 Å². The third-order valence-electron chi connectivity index (χ3n) is 4.50. The lowest BCUT2D eigenvalue weighted by atomic mass is 10.0. The third kappa shape index (κ3) is 3.21. The van der Waals surface area contributed by atoms with Gasteiger partial charge in [0.15, 0.2) is 17.7 Å². The largest absolute Gasteiger partial charge is 0.387 e. The molecule has 0 radical (unpaired) electrons. The van der Waals surface area contributed by atoms with Crippen LogP contribution < -0.4 is 16.8 Å². The second-order valence-corrected chi connectivity index (χ2v) is 6.64. The van der Waals surface area contributed by atoms with Gasteiger partial charge in [0.25, 0.3) is 0 Å². The molecule has 3 heterocycles. The molecule has 0 aliphatic carbocycles. The van der Waals surface area contributed by atoms with Gasteiger partial charge in [0.05, 0.1) is 12.4 Å². The molecule has 11 heteroatoms. The zero-order valence-corrected chi connectivity index (χ0v) is 14.5. The molecule has 7 N–H and O–H groups in total. The van der Waals surface area contributed by atoms with Gasteiger partial charge < -0.3 is 31.7 Å². The Morgan fingerprint density at radius 3 is 2.77 bits per heavy atom. The summed E-state index contributed by atoms with van der Waals surface area (Å²) in [4.78, 5) is 24.0. The molecule has 11 nitrogen and oxygen atoms in total. The zero-order chi connectivity index (χ0) is 19.0. The van der Waals surface area contributed by atoms with Crippen LogP contribution in [0.25, 0.3) is 11.2 Å². The predicted octanol–water partition coefficient (Wildman–Crippen LogP) is -1.87. The van der Waals surface area contributed by atoms with Gasteiger partial charge >= 0.3 is 0 Å². The summed E-state index contributed by atoms with van der Waals surface area (Å²) in [5.41, 5.74) is 12.3. The summed E-state index contributed by atoms with van der Waals surface area (Å²) in [5.74, 6) is -0.166. The summed E-state index contributed by atoms with van der Waals surface area (Å²) in [7, 11) is 0. The van der Waals surface area contributed by atoms with Crippen molar-refractivity contribution in [1.82, 2.24) is 24.8 Å². The Kier molecular flexibility index (Phi) is 5.05.